The van der Waals surface area contributed by atoms with Gasteiger partial charge in [-0.1, -0.05) is 12.7 Å². The summed E-state index contributed by atoms with van der Waals surface area (Å²) >= 11 is 0. The molecule has 19 heavy (non-hydrogen) atoms. The number of fused-ring (bicyclic) bond motifs is 1. The van der Waals surface area contributed by atoms with Crippen LogP contribution in [0.4, 0.5) is 16.2 Å². The lowest BCUT2D eigenvalue weighted by Gasteiger charge is -2.07. The minimum Gasteiger partial charge on any atom is -0.480 e. The molecule has 1 atom stereocenters. The predicted molar refractivity (Wildman–Crippen MR) is 70.4 cm³/mol. The van der Waals surface area contributed by atoms with Crippen molar-refractivity contribution in [3.05, 3.63) is 36.4 Å². The molecule has 0 radical (unpaired) electrons. The Labute approximate surface area is 110 Å². The number of nitrogens with one attached hydrogen (secondary N) is 2. The van der Waals surface area contributed by atoms with E-state index in [0.717, 1.165) is 11.3 Å². The minimum atomic E-state index is -0.892. The first kappa shape index (κ1) is 12.9. The van der Waals surface area contributed by atoms with Crippen molar-refractivity contribution in [1.82, 2.24) is 0 Å². The smallest absolute Gasteiger partial charge is 0.411 e. The number of carbonyl (C=O) groups is 2. The summed E-state index contributed by atoms with van der Waals surface area (Å²) < 4.78 is 4.80. The molecule has 1 aliphatic heterocycles. The molecule has 0 aliphatic carbocycles. The van der Waals surface area contributed by atoms with Crippen molar-refractivity contribution < 1.29 is 19.4 Å². The van der Waals surface area contributed by atoms with Crippen LogP contribution in [0.15, 0.2) is 30.9 Å². The third-order valence-corrected chi connectivity index (χ3v) is 2.74. The number of carboxylic acids is 1. The number of benzene rings is 1. The third kappa shape index (κ3) is 3.04. The third-order valence-electron chi connectivity index (χ3n) is 2.74. The monoisotopic (exact) mass is 262 g/mol. The van der Waals surface area contributed by atoms with Gasteiger partial charge in [0.25, 0.3) is 0 Å². The summed E-state index contributed by atoms with van der Waals surface area (Å²) in [4.78, 5) is 22.2. The van der Waals surface area contributed by atoms with Gasteiger partial charge >= 0.3 is 12.1 Å². The highest BCUT2D eigenvalue weighted by Crippen LogP contribution is 2.28. The van der Waals surface area contributed by atoms with E-state index in [2.05, 4.69) is 17.2 Å². The lowest BCUT2D eigenvalue weighted by molar-refractivity contribution is -0.137. The number of hydrogen-bond donors (Lipinski definition) is 3. The minimum absolute atomic E-state index is 0.138. The first-order valence-electron chi connectivity index (χ1n) is 5.77. The van der Waals surface area contributed by atoms with Crippen molar-refractivity contribution in [3.8, 4) is 0 Å². The molecule has 1 aliphatic rings. The van der Waals surface area contributed by atoms with Crippen LogP contribution in [-0.4, -0.2) is 29.8 Å². The summed E-state index contributed by atoms with van der Waals surface area (Å²) in [6, 6.07) is 4.55. The Balaban J connectivity index is 2.03. The van der Waals surface area contributed by atoms with Gasteiger partial charge in [0.2, 0.25) is 0 Å². The molecule has 6 heteroatoms. The second-order valence-corrected chi connectivity index (χ2v) is 4.12. The number of amides is 1. The number of ether oxygens (including phenoxy) is 1. The van der Waals surface area contributed by atoms with E-state index in [1.54, 1.807) is 18.2 Å². The molecule has 0 aromatic heterocycles. The fourth-order valence-electron chi connectivity index (χ4n) is 1.88. The lowest BCUT2D eigenvalue weighted by atomic mass is 10.1. The van der Waals surface area contributed by atoms with Gasteiger partial charge in [-0.05, 0) is 23.8 Å². The maximum atomic E-state index is 11.4. The molecule has 2 rings (SSSR count). The number of hydrogen-bond acceptors (Lipinski definition) is 4. The van der Waals surface area contributed by atoms with E-state index in [-0.39, 0.29) is 6.61 Å². The Kier molecular flexibility index (Phi) is 3.70. The van der Waals surface area contributed by atoms with Gasteiger partial charge in [0.15, 0.2) is 0 Å². The zero-order valence-corrected chi connectivity index (χ0v) is 10.2. The van der Waals surface area contributed by atoms with E-state index >= 15 is 0 Å². The van der Waals surface area contributed by atoms with Crippen LogP contribution in [-0.2, 0) is 16.0 Å². The van der Waals surface area contributed by atoms with Gasteiger partial charge in [-0.15, -0.1) is 0 Å². The van der Waals surface area contributed by atoms with E-state index in [4.69, 9.17) is 9.84 Å². The molecule has 1 aromatic rings. The molecule has 100 valence electrons. The Morgan fingerprint density at radius 2 is 2.37 bits per heavy atom. The molecule has 1 amide bonds. The molecule has 0 bridgehead atoms. The lowest BCUT2D eigenvalue weighted by Crippen LogP contribution is -2.26. The fraction of sp³-hybridized carbons (Fsp3) is 0.231. The number of rotatable bonds is 4. The van der Waals surface area contributed by atoms with Crippen LogP contribution >= 0.6 is 0 Å². The van der Waals surface area contributed by atoms with Gasteiger partial charge < -0.3 is 15.2 Å². The van der Waals surface area contributed by atoms with Gasteiger partial charge in [0.05, 0.1) is 0 Å². The first-order chi connectivity index (χ1) is 9.10. The summed E-state index contributed by atoms with van der Waals surface area (Å²) in [5.41, 5.74) is 2.20. The maximum Gasteiger partial charge on any atom is 0.411 e. The highest BCUT2D eigenvalue weighted by Gasteiger charge is 2.26. The average Bonchev–Trinajstić information content (AvgIpc) is 2.79. The van der Waals surface area contributed by atoms with Crippen LogP contribution in [0.2, 0.25) is 0 Å². The van der Waals surface area contributed by atoms with E-state index in [1.807, 2.05) is 0 Å². The average molecular weight is 262 g/mol. The molecule has 6 nitrogen and oxygen atoms in total. The van der Waals surface area contributed by atoms with Gasteiger partial charge in [-0.2, -0.15) is 0 Å². The molecular weight excluding hydrogens is 248 g/mol. The van der Waals surface area contributed by atoms with Crippen molar-refractivity contribution in [1.29, 1.82) is 0 Å². The topological polar surface area (TPSA) is 87.7 Å². The number of carbonyl (C=O) groups excluding carboxylic acids is 1. The first-order valence-corrected chi connectivity index (χ1v) is 5.77. The largest absolute Gasteiger partial charge is 0.480 e. The maximum absolute atomic E-state index is 11.4. The summed E-state index contributed by atoms with van der Waals surface area (Å²) in [7, 11) is 0. The van der Waals surface area contributed by atoms with Crippen LogP contribution in [0.1, 0.15) is 5.56 Å². The molecule has 1 aromatic carbocycles. The molecule has 0 saturated carbocycles. The molecule has 0 fully saturated rings. The van der Waals surface area contributed by atoms with Gasteiger partial charge in [0.1, 0.15) is 12.6 Å². The van der Waals surface area contributed by atoms with E-state index in [9.17, 15) is 9.59 Å². The molecule has 0 spiro atoms. The van der Waals surface area contributed by atoms with Crippen molar-refractivity contribution in [2.75, 3.05) is 17.2 Å². The van der Waals surface area contributed by atoms with Crippen molar-refractivity contribution in [2.24, 2.45) is 0 Å². The van der Waals surface area contributed by atoms with E-state index in [0.29, 0.717) is 12.1 Å². The SMILES string of the molecule is C=CCOC(=O)Nc1ccc2c(c1)CC(C(=O)O)N2. The number of aliphatic carboxylic acids is 1. The van der Waals surface area contributed by atoms with Crippen molar-refractivity contribution in [3.63, 3.8) is 0 Å². The van der Waals surface area contributed by atoms with Crippen molar-refractivity contribution in [2.45, 2.75) is 12.5 Å². The number of anilines is 2. The van der Waals surface area contributed by atoms with Crippen LogP contribution in [0, 0.1) is 0 Å². The highest BCUT2D eigenvalue weighted by molar-refractivity contribution is 5.86. The summed E-state index contributed by atoms with van der Waals surface area (Å²) in [5.74, 6) is -0.892. The molecule has 1 unspecified atom stereocenters. The zero-order valence-electron chi connectivity index (χ0n) is 10.2. The Morgan fingerprint density at radius 1 is 1.58 bits per heavy atom. The quantitative estimate of drug-likeness (QED) is 0.721. The Bertz CT molecular complexity index is 527. The van der Waals surface area contributed by atoms with Gasteiger partial charge in [-0.25, -0.2) is 9.59 Å². The summed E-state index contributed by atoms with van der Waals surface area (Å²) in [6.07, 6.45) is 1.30. The van der Waals surface area contributed by atoms with Crippen molar-refractivity contribution >= 4 is 23.4 Å². The highest BCUT2D eigenvalue weighted by atomic mass is 16.5. The van der Waals surface area contributed by atoms with Crippen LogP contribution < -0.4 is 10.6 Å². The summed E-state index contributed by atoms with van der Waals surface area (Å²) in [5, 5.41) is 14.4. The molecular formula is C13H14N2O4. The summed E-state index contributed by atoms with van der Waals surface area (Å²) in [6.45, 7) is 3.58. The normalized spacial score (nSPS) is 16.1. The Morgan fingerprint density at radius 3 is 3.05 bits per heavy atom. The van der Waals surface area contributed by atoms with Crippen LogP contribution in [0.25, 0.3) is 0 Å². The zero-order chi connectivity index (χ0) is 13.8. The molecule has 3 N–H and O–H groups in total. The standard InChI is InChI=1S/C13H14N2O4/c1-2-5-19-13(18)14-9-3-4-10-8(6-9)7-11(15-10)12(16)17/h2-4,6,11,15H,1,5,7H2,(H,14,18)(H,16,17). The second-order valence-electron chi connectivity index (χ2n) is 4.12. The molecule has 1 heterocycles. The second kappa shape index (κ2) is 5.43. The Hall–Kier alpha value is -2.50. The van der Waals surface area contributed by atoms with E-state index < -0.39 is 18.1 Å². The molecule has 0 saturated heterocycles. The van der Waals surface area contributed by atoms with Crippen LogP contribution in [0.5, 0.6) is 0 Å². The van der Waals surface area contributed by atoms with E-state index in [1.165, 1.54) is 6.08 Å². The predicted octanol–water partition coefficient (Wildman–Crippen LogP) is 1.84. The van der Waals surface area contributed by atoms with Crippen LogP contribution in [0.3, 0.4) is 0 Å². The van der Waals surface area contributed by atoms with Gasteiger partial charge in [0, 0.05) is 17.8 Å². The van der Waals surface area contributed by atoms with Gasteiger partial charge in [-0.3, -0.25) is 5.32 Å². The fourth-order valence-corrected chi connectivity index (χ4v) is 1.88. The number of carboxylic acid groups (broad SMARTS) is 1.